The number of hydrogen-bond donors (Lipinski definition) is 0. The van der Waals surface area contributed by atoms with Crippen LogP contribution in [-0.4, -0.2) is 0 Å². The highest BCUT2D eigenvalue weighted by Crippen LogP contribution is 2.36. The Morgan fingerprint density at radius 3 is 2.75 bits per heavy atom. The van der Waals surface area contributed by atoms with E-state index in [4.69, 9.17) is 8.00 Å². The lowest BCUT2D eigenvalue weighted by molar-refractivity contribution is 0.222. The zero-order valence-electron chi connectivity index (χ0n) is 10.0. The summed E-state index contributed by atoms with van der Waals surface area (Å²) in [5.74, 6) is 0.328. The Bertz CT molecular complexity index is 291. The summed E-state index contributed by atoms with van der Waals surface area (Å²) >= 11 is 0. The van der Waals surface area contributed by atoms with Crippen molar-refractivity contribution in [2.24, 2.45) is 11.3 Å². The van der Waals surface area contributed by atoms with Crippen LogP contribution in [0.4, 0.5) is 0 Å². The average molecular weight is 165 g/mol. The van der Waals surface area contributed by atoms with E-state index < -0.39 is 6.37 Å². The highest BCUT2D eigenvalue weighted by Gasteiger charge is 2.25. The molecule has 0 saturated carbocycles. The Hall–Kier alpha value is -0.770. The van der Waals surface area contributed by atoms with Crippen LogP contribution < -0.4 is 0 Å². The van der Waals surface area contributed by atoms with Crippen molar-refractivity contribution in [2.45, 2.75) is 40.0 Å². The van der Waals surface area contributed by atoms with Crippen LogP contribution in [-0.2, 0) is 0 Å². The van der Waals surface area contributed by atoms with Gasteiger partial charge < -0.3 is 0 Å². The van der Waals surface area contributed by atoms with E-state index in [0.717, 1.165) is 6.42 Å². The zero-order chi connectivity index (χ0) is 11.0. The maximum atomic E-state index is 8.76. The van der Waals surface area contributed by atoms with Crippen molar-refractivity contribution < 1.29 is 2.74 Å². The Morgan fingerprint density at radius 1 is 1.67 bits per heavy atom. The van der Waals surface area contributed by atoms with E-state index in [9.17, 15) is 0 Å². The zero-order valence-corrected chi connectivity index (χ0v) is 8.02. The summed E-state index contributed by atoms with van der Waals surface area (Å²) in [7, 11) is 0. The molecule has 1 aliphatic carbocycles. The molecule has 0 amide bonds. The van der Waals surface area contributed by atoms with Gasteiger partial charge in [0, 0.05) is 8.31 Å². The summed E-state index contributed by atoms with van der Waals surface area (Å²) in [5, 5.41) is 8.76. The largest absolute Gasteiger partial charge is 0.193 e. The Morgan fingerprint density at radius 2 is 2.33 bits per heavy atom. The lowest BCUT2D eigenvalue weighted by Crippen LogP contribution is -2.21. The molecule has 0 aromatic rings. The maximum absolute atomic E-state index is 8.76. The molecule has 0 aromatic carbocycles. The van der Waals surface area contributed by atoms with Crippen LogP contribution in [0.2, 0.25) is 0 Å². The van der Waals surface area contributed by atoms with Gasteiger partial charge in [0.15, 0.2) is 0 Å². The van der Waals surface area contributed by atoms with Crippen LogP contribution in [0.5, 0.6) is 0 Å². The molecule has 66 valence electrons. The number of nitriles is 1. The van der Waals surface area contributed by atoms with Gasteiger partial charge in [-0.15, -0.1) is 0 Å². The Labute approximate surface area is 77.9 Å². The molecule has 12 heavy (non-hydrogen) atoms. The smallest absolute Gasteiger partial charge is 0.0943 e. The monoisotopic (exact) mass is 165 g/mol. The fourth-order valence-electron chi connectivity index (χ4n) is 1.39. The quantitative estimate of drug-likeness (QED) is 0.540. The molecule has 1 unspecified atom stereocenters. The Kier molecular flexibility index (Phi) is 1.85. The molecule has 0 heterocycles. The van der Waals surface area contributed by atoms with Gasteiger partial charge in [0.25, 0.3) is 0 Å². The lowest BCUT2D eigenvalue weighted by atomic mass is 9.73. The number of allylic oxidation sites excluding steroid dienone is 2. The van der Waals surface area contributed by atoms with E-state index in [2.05, 4.69) is 20.8 Å². The SMILES string of the molecule is [2H]C1([2H])CC(C(C)(C)C)CC=C1C#N. The molecule has 0 fully saturated rings. The molecular formula is C11H17N. The van der Waals surface area contributed by atoms with Gasteiger partial charge in [-0.3, -0.25) is 0 Å². The van der Waals surface area contributed by atoms with Crippen LogP contribution in [0.1, 0.15) is 42.7 Å². The predicted molar refractivity (Wildman–Crippen MR) is 50.5 cm³/mol. The van der Waals surface area contributed by atoms with Crippen LogP contribution in [0.3, 0.4) is 0 Å². The molecule has 0 spiro atoms. The van der Waals surface area contributed by atoms with Crippen LogP contribution in [0.25, 0.3) is 0 Å². The van der Waals surface area contributed by atoms with E-state index in [1.807, 2.05) is 6.07 Å². The minimum Gasteiger partial charge on any atom is -0.193 e. The molecule has 1 rings (SSSR count). The van der Waals surface area contributed by atoms with Crippen molar-refractivity contribution in [1.82, 2.24) is 0 Å². The second-order valence-corrected chi connectivity index (χ2v) is 4.41. The summed E-state index contributed by atoms with van der Waals surface area (Å²) in [6.07, 6.45) is 1.63. The molecule has 0 bridgehead atoms. The third kappa shape index (κ3) is 2.11. The predicted octanol–water partition coefficient (Wildman–Crippen LogP) is 3.28. The van der Waals surface area contributed by atoms with E-state index in [0.29, 0.717) is 17.9 Å². The normalized spacial score (nSPS) is 31.2. The number of hydrogen-bond acceptors (Lipinski definition) is 1. The van der Waals surface area contributed by atoms with Crippen LogP contribution >= 0.6 is 0 Å². The molecule has 0 saturated heterocycles. The van der Waals surface area contributed by atoms with Gasteiger partial charge >= 0.3 is 0 Å². The Balaban J connectivity index is 2.90. The van der Waals surface area contributed by atoms with Gasteiger partial charge in [-0.1, -0.05) is 26.8 Å². The van der Waals surface area contributed by atoms with Gasteiger partial charge in [0.1, 0.15) is 0 Å². The van der Waals surface area contributed by atoms with Gasteiger partial charge in [-0.2, -0.15) is 5.26 Å². The number of rotatable bonds is 0. The van der Waals surface area contributed by atoms with E-state index >= 15 is 0 Å². The highest BCUT2D eigenvalue weighted by atomic mass is 14.3. The summed E-state index contributed by atoms with van der Waals surface area (Å²) in [6.45, 7) is 6.37. The topological polar surface area (TPSA) is 23.8 Å². The van der Waals surface area contributed by atoms with Gasteiger partial charge in [-0.25, -0.2) is 0 Å². The summed E-state index contributed by atoms with van der Waals surface area (Å²) < 4.78 is 15.5. The van der Waals surface area contributed by atoms with Crippen LogP contribution in [0, 0.1) is 22.7 Å². The summed E-state index contributed by atoms with van der Waals surface area (Å²) in [6, 6.07) is 1.95. The standard InChI is InChI=1S/C11H17N/c1-11(2,3)10-6-4-9(8-12)5-7-10/h4,10H,5-7H2,1-3H3/i5D2. The summed E-state index contributed by atoms with van der Waals surface area (Å²) in [5.41, 5.74) is 0.420. The fraction of sp³-hybridized carbons (Fsp3) is 0.727. The summed E-state index contributed by atoms with van der Waals surface area (Å²) in [4.78, 5) is 0. The molecule has 1 atom stereocenters. The van der Waals surface area contributed by atoms with E-state index in [1.54, 1.807) is 6.08 Å². The van der Waals surface area contributed by atoms with Crippen molar-refractivity contribution in [2.75, 3.05) is 0 Å². The van der Waals surface area contributed by atoms with Gasteiger partial charge in [-0.05, 0) is 30.5 Å². The molecule has 0 aliphatic heterocycles. The molecule has 1 aliphatic rings. The molecule has 1 nitrogen and oxygen atoms in total. The van der Waals surface area contributed by atoms with E-state index in [-0.39, 0.29) is 5.41 Å². The molecule has 0 radical (unpaired) electrons. The first kappa shape index (κ1) is 6.71. The second-order valence-electron chi connectivity index (χ2n) is 4.41. The van der Waals surface area contributed by atoms with Gasteiger partial charge in [0.05, 0.1) is 6.07 Å². The first-order valence-corrected chi connectivity index (χ1v) is 4.38. The second kappa shape index (κ2) is 3.31. The molecule has 1 heteroatoms. The fourth-order valence-corrected chi connectivity index (χ4v) is 1.39. The third-order valence-electron chi connectivity index (χ3n) is 2.49. The van der Waals surface area contributed by atoms with Crippen molar-refractivity contribution >= 4 is 0 Å². The van der Waals surface area contributed by atoms with Crippen LogP contribution in [0.15, 0.2) is 11.6 Å². The van der Waals surface area contributed by atoms with Crippen molar-refractivity contribution in [3.63, 3.8) is 0 Å². The number of nitrogens with zero attached hydrogens (tertiary/aromatic N) is 1. The minimum absolute atomic E-state index is 0.116. The maximum Gasteiger partial charge on any atom is 0.0943 e. The molecule has 0 N–H and O–H groups in total. The van der Waals surface area contributed by atoms with Crippen molar-refractivity contribution in [1.29, 1.82) is 5.26 Å². The molecule has 0 aromatic heterocycles. The average Bonchev–Trinajstić information content (AvgIpc) is 2.00. The first-order chi connectivity index (χ1) is 6.27. The van der Waals surface area contributed by atoms with Gasteiger partial charge in [0.2, 0.25) is 0 Å². The highest BCUT2D eigenvalue weighted by molar-refractivity contribution is 5.22. The molecular weight excluding hydrogens is 146 g/mol. The lowest BCUT2D eigenvalue weighted by Gasteiger charge is -2.32. The first-order valence-electron chi connectivity index (χ1n) is 5.38. The van der Waals surface area contributed by atoms with Crippen molar-refractivity contribution in [3.8, 4) is 6.07 Å². The minimum atomic E-state index is -1.43. The van der Waals surface area contributed by atoms with E-state index in [1.165, 1.54) is 0 Å². The third-order valence-corrected chi connectivity index (χ3v) is 2.49. The van der Waals surface area contributed by atoms with Crippen molar-refractivity contribution in [3.05, 3.63) is 11.6 Å².